The van der Waals surface area contributed by atoms with Crippen molar-refractivity contribution in [3.8, 4) is 0 Å². The molecule has 0 aromatic heterocycles. The number of hydrogen-bond acceptors (Lipinski definition) is 4. The zero-order chi connectivity index (χ0) is 18.0. The molecule has 9 heteroatoms. The van der Waals surface area contributed by atoms with Crippen LogP contribution in [-0.4, -0.2) is 59.4 Å². The second kappa shape index (κ2) is 6.78. The zero-order valence-corrected chi connectivity index (χ0v) is 12.6. The van der Waals surface area contributed by atoms with Crippen LogP contribution in [0.15, 0.2) is 24.3 Å². The first kappa shape index (κ1) is 18.2. The fourth-order valence-corrected chi connectivity index (χ4v) is 3.00. The van der Waals surface area contributed by atoms with E-state index in [0.29, 0.717) is 6.54 Å². The molecule has 2 heterocycles. The Labute approximate surface area is 135 Å². The highest BCUT2D eigenvalue weighted by Gasteiger charge is 2.50. The van der Waals surface area contributed by atoms with Crippen LogP contribution in [0.1, 0.15) is 12.0 Å². The molecule has 1 spiro atoms. The molecule has 0 aliphatic carbocycles. The molecule has 1 atom stereocenters. The van der Waals surface area contributed by atoms with Crippen LogP contribution in [-0.2, 0) is 15.0 Å². The number of amides is 1. The van der Waals surface area contributed by atoms with Crippen LogP contribution in [0.2, 0.25) is 0 Å². The Morgan fingerprint density at radius 3 is 2.54 bits per heavy atom. The van der Waals surface area contributed by atoms with Crippen molar-refractivity contribution >= 4 is 17.6 Å². The van der Waals surface area contributed by atoms with Gasteiger partial charge in [0.15, 0.2) is 0 Å². The summed E-state index contributed by atoms with van der Waals surface area (Å²) in [4.78, 5) is 23.3. The van der Waals surface area contributed by atoms with Crippen molar-refractivity contribution in [3.63, 3.8) is 0 Å². The molecular formula is C15H17F3N2O4. The van der Waals surface area contributed by atoms with Crippen LogP contribution in [0, 0.1) is 0 Å². The lowest BCUT2D eigenvalue weighted by atomic mass is 9.81. The number of halogens is 3. The second-order valence-electron chi connectivity index (χ2n) is 5.63. The smallest absolute Gasteiger partial charge is 0.475 e. The standard InChI is InChI=1S/C13H16N2O2.C2HF3O2/c16-8-7-15-6-5-13(9-15)10-3-1-2-4-11(10)14-12(13)17;3-2(4,5)1(6)7/h1-4,16H,5-9H2,(H,14,17);(H,6,7). The van der Waals surface area contributed by atoms with Crippen molar-refractivity contribution in [1.82, 2.24) is 4.90 Å². The summed E-state index contributed by atoms with van der Waals surface area (Å²) in [6.07, 6.45) is -4.24. The van der Waals surface area contributed by atoms with Crippen molar-refractivity contribution in [2.75, 3.05) is 31.6 Å². The van der Waals surface area contributed by atoms with Crippen LogP contribution >= 0.6 is 0 Å². The van der Waals surface area contributed by atoms with Gasteiger partial charge >= 0.3 is 12.1 Å². The number of nitrogens with one attached hydrogen (secondary N) is 1. The summed E-state index contributed by atoms with van der Waals surface area (Å²) in [5.74, 6) is -2.65. The largest absolute Gasteiger partial charge is 0.490 e. The molecule has 1 aromatic carbocycles. The number of β-amino-alcohol motifs (C(OH)–C–C–N with tert-alkyl or cyclic N) is 1. The molecule has 0 radical (unpaired) electrons. The topological polar surface area (TPSA) is 89.9 Å². The second-order valence-corrected chi connectivity index (χ2v) is 5.63. The third-order valence-electron chi connectivity index (χ3n) is 4.13. The van der Waals surface area contributed by atoms with Crippen molar-refractivity contribution in [2.24, 2.45) is 0 Å². The van der Waals surface area contributed by atoms with Crippen molar-refractivity contribution in [1.29, 1.82) is 0 Å². The number of para-hydroxylation sites is 1. The molecule has 6 nitrogen and oxygen atoms in total. The fraction of sp³-hybridized carbons (Fsp3) is 0.467. The van der Waals surface area contributed by atoms with E-state index in [1.165, 1.54) is 0 Å². The Morgan fingerprint density at radius 2 is 1.96 bits per heavy atom. The monoisotopic (exact) mass is 346 g/mol. The summed E-state index contributed by atoms with van der Waals surface area (Å²) in [6, 6.07) is 7.92. The Kier molecular flexibility index (Phi) is 5.14. The SMILES string of the molecule is O=C(O)C(F)(F)F.O=C1Nc2ccccc2C12CCN(CCO)C2. The Balaban J connectivity index is 0.000000256. The molecule has 1 aromatic rings. The Bertz CT molecular complexity index is 635. The maximum Gasteiger partial charge on any atom is 0.490 e. The highest BCUT2D eigenvalue weighted by molar-refractivity contribution is 6.06. The molecule has 1 fully saturated rings. The van der Waals surface area contributed by atoms with Gasteiger partial charge in [-0.2, -0.15) is 13.2 Å². The molecule has 2 aliphatic heterocycles. The Hall–Kier alpha value is -2.13. The molecule has 3 rings (SSSR count). The minimum atomic E-state index is -5.08. The van der Waals surface area contributed by atoms with E-state index >= 15 is 0 Å². The number of rotatable bonds is 2. The average molecular weight is 346 g/mol. The number of anilines is 1. The molecule has 0 bridgehead atoms. The van der Waals surface area contributed by atoms with Crippen LogP contribution < -0.4 is 5.32 Å². The minimum absolute atomic E-state index is 0.110. The van der Waals surface area contributed by atoms with Crippen molar-refractivity contribution in [3.05, 3.63) is 29.8 Å². The van der Waals surface area contributed by atoms with Gasteiger partial charge in [0.05, 0.1) is 12.0 Å². The van der Waals surface area contributed by atoms with E-state index in [1.807, 2.05) is 24.3 Å². The number of carboxylic acids is 1. The number of alkyl halides is 3. The number of hydrogen-bond donors (Lipinski definition) is 3. The number of aliphatic carboxylic acids is 1. The number of aliphatic hydroxyl groups is 1. The van der Waals surface area contributed by atoms with Gasteiger partial charge in [0, 0.05) is 18.8 Å². The van der Waals surface area contributed by atoms with Gasteiger partial charge in [-0.1, -0.05) is 18.2 Å². The number of carbonyl (C=O) groups is 2. The van der Waals surface area contributed by atoms with Gasteiger partial charge in [-0.25, -0.2) is 4.79 Å². The van der Waals surface area contributed by atoms with Crippen molar-refractivity contribution in [2.45, 2.75) is 18.0 Å². The average Bonchev–Trinajstić information content (AvgIpc) is 3.04. The Morgan fingerprint density at radius 1 is 1.33 bits per heavy atom. The number of nitrogens with zero attached hydrogens (tertiary/aromatic N) is 1. The first-order valence-electron chi connectivity index (χ1n) is 7.25. The normalized spacial score (nSPS) is 22.8. The van der Waals surface area contributed by atoms with Gasteiger partial charge in [0.1, 0.15) is 0 Å². The first-order chi connectivity index (χ1) is 11.2. The lowest BCUT2D eigenvalue weighted by molar-refractivity contribution is -0.192. The lowest BCUT2D eigenvalue weighted by Crippen LogP contribution is -2.38. The summed E-state index contributed by atoms with van der Waals surface area (Å²) in [7, 11) is 0. The summed E-state index contributed by atoms with van der Waals surface area (Å²) >= 11 is 0. The summed E-state index contributed by atoms with van der Waals surface area (Å²) < 4.78 is 31.7. The number of aliphatic hydroxyl groups excluding tert-OH is 1. The molecule has 2 aliphatic rings. The van der Waals surface area contributed by atoms with Crippen LogP contribution in [0.5, 0.6) is 0 Å². The maximum atomic E-state index is 12.2. The van der Waals surface area contributed by atoms with Crippen molar-refractivity contribution < 1.29 is 33.0 Å². The van der Waals surface area contributed by atoms with Crippen LogP contribution in [0.25, 0.3) is 0 Å². The van der Waals surface area contributed by atoms with Gasteiger partial charge in [0.25, 0.3) is 0 Å². The number of carboxylic acid groups (broad SMARTS) is 1. The van der Waals surface area contributed by atoms with E-state index in [1.54, 1.807) is 0 Å². The molecule has 1 unspecified atom stereocenters. The molecule has 3 N–H and O–H groups in total. The quantitative estimate of drug-likeness (QED) is 0.749. The number of likely N-dealkylation sites (tertiary alicyclic amines) is 1. The number of carbonyl (C=O) groups excluding carboxylic acids is 1. The van der Waals surface area contributed by atoms with Gasteiger partial charge in [-0.3, -0.25) is 9.69 Å². The van der Waals surface area contributed by atoms with E-state index in [0.717, 1.165) is 30.8 Å². The summed E-state index contributed by atoms with van der Waals surface area (Å²) in [6.45, 7) is 2.40. The molecule has 1 saturated heterocycles. The number of benzene rings is 1. The summed E-state index contributed by atoms with van der Waals surface area (Å²) in [5, 5.41) is 19.1. The molecule has 0 saturated carbocycles. The van der Waals surface area contributed by atoms with Gasteiger partial charge in [-0.15, -0.1) is 0 Å². The minimum Gasteiger partial charge on any atom is -0.475 e. The highest BCUT2D eigenvalue weighted by Crippen LogP contribution is 2.43. The lowest BCUT2D eigenvalue weighted by Gasteiger charge is -2.22. The van der Waals surface area contributed by atoms with Gasteiger partial charge in [-0.05, 0) is 24.6 Å². The highest BCUT2D eigenvalue weighted by atomic mass is 19.4. The first-order valence-corrected chi connectivity index (χ1v) is 7.25. The fourth-order valence-electron chi connectivity index (χ4n) is 3.00. The van der Waals surface area contributed by atoms with Gasteiger partial charge in [0.2, 0.25) is 5.91 Å². The van der Waals surface area contributed by atoms with E-state index < -0.39 is 12.1 Å². The predicted molar refractivity (Wildman–Crippen MR) is 78.6 cm³/mol. The zero-order valence-electron chi connectivity index (χ0n) is 12.6. The van der Waals surface area contributed by atoms with E-state index in [9.17, 15) is 18.0 Å². The van der Waals surface area contributed by atoms with Gasteiger partial charge < -0.3 is 15.5 Å². The predicted octanol–water partition coefficient (Wildman–Crippen LogP) is 1.21. The van der Waals surface area contributed by atoms with E-state index in [2.05, 4.69) is 10.2 Å². The maximum absolute atomic E-state index is 12.2. The molecule has 24 heavy (non-hydrogen) atoms. The van der Waals surface area contributed by atoms with Crippen LogP contribution in [0.4, 0.5) is 18.9 Å². The molecule has 132 valence electrons. The number of fused-ring (bicyclic) bond motifs is 2. The van der Waals surface area contributed by atoms with E-state index in [4.69, 9.17) is 15.0 Å². The third-order valence-corrected chi connectivity index (χ3v) is 4.13. The molecular weight excluding hydrogens is 329 g/mol. The molecule has 1 amide bonds. The third kappa shape index (κ3) is 3.51. The van der Waals surface area contributed by atoms with E-state index in [-0.39, 0.29) is 17.9 Å². The summed E-state index contributed by atoms with van der Waals surface area (Å²) in [5.41, 5.74) is 1.68. The van der Waals surface area contributed by atoms with Crippen LogP contribution in [0.3, 0.4) is 0 Å².